The van der Waals surface area contributed by atoms with E-state index in [4.69, 9.17) is 0 Å². The maximum absolute atomic E-state index is 12.2. The lowest BCUT2D eigenvalue weighted by Crippen LogP contribution is -3.04. The Labute approximate surface area is 278 Å². The molecule has 0 aliphatic rings. The fourth-order valence-corrected chi connectivity index (χ4v) is 4.27. The molecular formula is C38H45BrN2O4. The first-order chi connectivity index (χ1) is 21.0. The number of carboxylic acids is 1. The number of nitrogens with one attached hydrogen (secondary N) is 2. The fraction of sp³-hybridized carbons (Fsp3) is 0.237. The zero-order valence-electron chi connectivity index (χ0n) is 27.1. The molecule has 6 nitrogen and oxygen atoms in total. The summed E-state index contributed by atoms with van der Waals surface area (Å²) in [4.78, 5) is 37.0. The highest BCUT2D eigenvalue weighted by molar-refractivity contribution is 6.09. The third-order valence-corrected chi connectivity index (χ3v) is 6.45. The van der Waals surface area contributed by atoms with Crippen LogP contribution in [0.5, 0.6) is 0 Å². The van der Waals surface area contributed by atoms with Crippen LogP contribution in [0.1, 0.15) is 63.2 Å². The molecule has 0 saturated carbocycles. The van der Waals surface area contributed by atoms with Crippen molar-refractivity contribution in [3.63, 3.8) is 0 Å². The van der Waals surface area contributed by atoms with E-state index in [9.17, 15) is 19.5 Å². The summed E-state index contributed by atoms with van der Waals surface area (Å²) in [6.07, 6.45) is 2.37. The van der Waals surface area contributed by atoms with E-state index in [-0.39, 0.29) is 28.5 Å². The molecule has 7 heteroatoms. The van der Waals surface area contributed by atoms with Crippen LogP contribution < -0.4 is 31.9 Å². The van der Waals surface area contributed by atoms with Crippen LogP contribution in [0.2, 0.25) is 0 Å². The number of aliphatic carboxylic acids is 1. The van der Waals surface area contributed by atoms with Gasteiger partial charge >= 0.3 is 0 Å². The highest BCUT2D eigenvalue weighted by atomic mass is 79.9. The highest BCUT2D eigenvalue weighted by Gasteiger charge is 2.09. The Morgan fingerprint density at radius 1 is 0.578 bits per heavy atom. The number of halogens is 1. The number of carboxylic acid groups (broad SMARTS) is 1. The van der Waals surface area contributed by atoms with Crippen molar-refractivity contribution in [1.29, 1.82) is 0 Å². The van der Waals surface area contributed by atoms with E-state index in [1.807, 2.05) is 116 Å². The van der Waals surface area contributed by atoms with Crippen LogP contribution in [0, 0.1) is 0 Å². The second kappa shape index (κ2) is 20.7. The minimum atomic E-state index is -1.08. The van der Waals surface area contributed by atoms with Gasteiger partial charge in [0.25, 0.3) is 0 Å². The Hall–Kier alpha value is -4.17. The summed E-state index contributed by atoms with van der Waals surface area (Å²) in [5.41, 5.74) is 5.79. The van der Waals surface area contributed by atoms with Gasteiger partial charge in [0, 0.05) is 33.4 Å². The largest absolute Gasteiger partial charge is 1.00 e. The van der Waals surface area contributed by atoms with Crippen molar-refractivity contribution >= 4 is 17.5 Å². The van der Waals surface area contributed by atoms with Gasteiger partial charge in [-0.25, -0.2) is 0 Å². The number of allylic oxidation sites excluding steroid dienone is 1. The van der Waals surface area contributed by atoms with Crippen LogP contribution in [0.25, 0.3) is 0 Å². The third kappa shape index (κ3) is 14.4. The molecule has 0 radical (unpaired) electrons. The van der Waals surface area contributed by atoms with Crippen LogP contribution in [-0.4, -0.2) is 45.7 Å². The van der Waals surface area contributed by atoms with Gasteiger partial charge in [0.1, 0.15) is 13.1 Å². The second-order valence-corrected chi connectivity index (χ2v) is 11.1. The summed E-state index contributed by atoms with van der Waals surface area (Å²) in [5, 5.41) is 9.91. The Bertz CT molecular complexity index is 1380. The van der Waals surface area contributed by atoms with Gasteiger partial charge < -0.3 is 36.7 Å². The van der Waals surface area contributed by atoms with Crippen LogP contribution in [0.3, 0.4) is 0 Å². The van der Waals surface area contributed by atoms with E-state index in [0.29, 0.717) is 5.57 Å². The molecule has 0 amide bonds. The molecule has 0 aromatic heterocycles. The number of rotatable bonds is 10. The molecule has 0 saturated heterocycles. The molecule has 45 heavy (non-hydrogen) atoms. The molecule has 0 atom stereocenters. The predicted molar refractivity (Wildman–Crippen MR) is 175 cm³/mol. The molecule has 238 valence electrons. The maximum atomic E-state index is 12.2. The van der Waals surface area contributed by atoms with Gasteiger partial charge in [-0.15, -0.1) is 0 Å². The van der Waals surface area contributed by atoms with Gasteiger partial charge in [-0.2, -0.15) is 0 Å². The standard InChI is InChI=1S/2C16H17NO.C6H10O2.BrH/c2*1-17(2)12-13-8-10-15(11-9-13)16(18)14-6-4-3-5-7-14;1-3-4-5(2)6(7)8;/h2*3-11H,12H2,1-2H3;4H,3H2,1-2H3,(H,7,8);1H. The molecule has 4 aromatic carbocycles. The van der Waals surface area contributed by atoms with Crippen LogP contribution in [0.15, 0.2) is 121 Å². The molecule has 0 aliphatic heterocycles. The minimum absolute atomic E-state index is 0. The Kier molecular flexibility index (Phi) is 17.9. The summed E-state index contributed by atoms with van der Waals surface area (Å²) in [6, 6.07) is 34.5. The lowest BCUT2D eigenvalue weighted by atomic mass is 10.0. The molecule has 0 aliphatic carbocycles. The van der Waals surface area contributed by atoms with E-state index in [2.05, 4.69) is 28.2 Å². The van der Waals surface area contributed by atoms with Crippen molar-refractivity contribution < 1.29 is 46.3 Å². The van der Waals surface area contributed by atoms with Crippen molar-refractivity contribution in [2.45, 2.75) is 33.4 Å². The second-order valence-electron chi connectivity index (χ2n) is 11.1. The molecule has 4 rings (SSSR count). The molecule has 0 spiro atoms. The Balaban J connectivity index is 0.000000359. The smallest absolute Gasteiger partial charge is 0.193 e. The number of ketones is 2. The number of hydrogen-bond donors (Lipinski definition) is 2. The number of carbonyl (C=O) groups excluding carboxylic acids is 3. The van der Waals surface area contributed by atoms with Crippen molar-refractivity contribution in [2.24, 2.45) is 0 Å². The fourth-order valence-electron chi connectivity index (χ4n) is 4.27. The quantitative estimate of drug-likeness (QED) is 0.187. The summed E-state index contributed by atoms with van der Waals surface area (Å²) < 4.78 is 0. The average Bonchev–Trinajstić information content (AvgIpc) is 3.02. The van der Waals surface area contributed by atoms with Crippen LogP contribution in [0.4, 0.5) is 0 Å². The predicted octanol–water partition coefficient (Wildman–Crippen LogP) is 0.221. The molecule has 2 N–H and O–H groups in total. The monoisotopic (exact) mass is 672 g/mol. The lowest BCUT2D eigenvalue weighted by Gasteiger charge is -2.07. The average molecular weight is 674 g/mol. The summed E-state index contributed by atoms with van der Waals surface area (Å²) in [5.74, 6) is -0.912. The van der Waals surface area contributed by atoms with E-state index < -0.39 is 5.97 Å². The summed E-state index contributed by atoms with van der Waals surface area (Å²) in [7, 11) is 8.46. The summed E-state index contributed by atoms with van der Waals surface area (Å²) >= 11 is 0. The van der Waals surface area contributed by atoms with E-state index in [0.717, 1.165) is 41.8 Å². The first-order valence-corrected chi connectivity index (χ1v) is 14.8. The zero-order chi connectivity index (χ0) is 32.5. The SMILES string of the molecule is CCC=C(C)C(=O)[O-].C[NH+](C)Cc1ccc(C(=O)c2ccccc2)cc1.C[NH+](C)Cc1ccc(C(=O)c2ccccc2)cc1.[Br-]. The van der Waals surface area contributed by atoms with E-state index >= 15 is 0 Å². The normalized spacial score (nSPS) is 10.5. The Morgan fingerprint density at radius 2 is 0.889 bits per heavy atom. The van der Waals surface area contributed by atoms with E-state index in [1.165, 1.54) is 27.9 Å². The number of carbonyl (C=O) groups is 3. The van der Waals surface area contributed by atoms with Crippen molar-refractivity contribution in [2.75, 3.05) is 28.2 Å². The van der Waals surface area contributed by atoms with Gasteiger partial charge in [0.05, 0.1) is 34.2 Å². The topological polar surface area (TPSA) is 83.2 Å². The van der Waals surface area contributed by atoms with Crippen molar-refractivity contribution in [3.8, 4) is 0 Å². The van der Waals surface area contributed by atoms with Gasteiger partial charge in [-0.3, -0.25) is 9.59 Å². The van der Waals surface area contributed by atoms with Gasteiger partial charge in [-0.1, -0.05) is 122 Å². The van der Waals surface area contributed by atoms with Crippen molar-refractivity contribution in [3.05, 3.63) is 154 Å². The maximum Gasteiger partial charge on any atom is 0.193 e. The van der Waals surface area contributed by atoms with Crippen LogP contribution in [-0.2, 0) is 17.9 Å². The van der Waals surface area contributed by atoms with Gasteiger partial charge in [0.2, 0.25) is 0 Å². The lowest BCUT2D eigenvalue weighted by molar-refractivity contribution is -0.872. The molecule has 0 unspecified atom stereocenters. The van der Waals surface area contributed by atoms with Crippen molar-refractivity contribution in [1.82, 2.24) is 0 Å². The van der Waals surface area contributed by atoms with Gasteiger partial charge in [-0.05, 0) is 18.9 Å². The third-order valence-electron chi connectivity index (χ3n) is 6.45. The number of quaternary nitrogens is 2. The molecule has 0 bridgehead atoms. The van der Waals surface area contributed by atoms with E-state index in [1.54, 1.807) is 6.08 Å². The summed E-state index contributed by atoms with van der Waals surface area (Å²) in [6.45, 7) is 5.35. The first kappa shape index (κ1) is 38.9. The highest BCUT2D eigenvalue weighted by Crippen LogP contribution is 2.12. The molecule has 0 heterocycles. The molecule has 4 aromatic rings. The van der Waals surface area contributed by atoms with Gasteiger partial charge in [0.15, 0.2) is 11.6 Å². The Morgan fingerprint density at radius 3 is 1.13 bits per heavy atom. The number of benzene rings is 4. The molecule has 0 fully saturated rings. The zero-order valence-corrected chi connectivity index (χ0v) is 28.7. The first-order valence-electron chi connectivity index (χ1n) is 14.8. The minimum Gasteiger partial charge on any atom is -1.00 e. The molecular weight excluding hydrogens is 628 g/mol. The van der Waals surface area contributed by atoms with Crippen LogP contribution >= 0.6 is 0 Å². The number of hydrogen-bond acceptors (Lipinski definition) is 4.